The third kappa shape index (κ3) is 3.93. The Kier molecular flexibility index (Phi) is 5.96. The van der Waals surface area contributed by atoms with Gasteiger partial charge in [0.05, 0.1) is 6.61 Å². The minimum absolute atomic E-state index is 0.454. The Morgan fingerprint density at radius 2 is 1.67 bits per heavy atom. The van der Waals surface area contributed by atoms with Gasteiger partial charge in [0.1, 0.15) is 5.75 Å². The van der Waals surface area contributed by atoms with Crippen LogP contribution < -0.4 is 15.2 Å². The van der Waals surface area contributed by atoms with Crippen molar-refractivity contribution in [2.75, 3.05) is 12.4 Å². The van der Waals surface area contributed by atoms with Crippen molar-refractivity contribution in [1.82, 2.24) is 0 Å². The zero-order valence-electron chi connectivity index (χ0n) is 12.5. The Balaban J connectivity index is 2.33. The smallest absolute Gasteiger partial charge is 0.169 e. The molecule has 2 aromatic carbocycles. The fourth-order valence-corrected chi connectivity index (χ4v) is 2.90. The first-order chi connectivity index (χ1) is 10.3. The maximum absolute atomic E-state index is 6.05. The summed E-state index contributed by atoms with van der Waals surface area (Å²) in [5.41, 5.74) is 6.95. The highest BCUT2D eigenvalue weighted by atomic mass is 32.2. The SMILES string of the molecule is CCOc1ccccc1Oc1cccc(SCC)c1CN. The van der Waals surface area contributed by atoms with Gasteiger partial charge in [-0.3, -0.25) is 0 Å². The van der Waals surface area contributed by atoms with Crippen LogP contribution in [0, 0.1) is 0 Å². The van der Waals surface area contributed by atoms with E-state index in [1.807, 2.05) is 43.3 Å². The van der Waals surface area contributed by atoms with E-state index in [9.17, 15) is 0 Å². The lowest BCUT2D eigenvalue weighted by atomic mass is 10.2. The lowest BCUT2D eigenvalue weighted by Crippen LogP contribution is -2.02. The van der Waals surface area contributed by atoms with Crippen molar-refractivity contribution < 1.29 is 9.47 Å². The van der Waals surface area contributed by atoms with E-state index in [0.29, 0.717) is 18.9 Å². The number of nitrogens with two attached hydrogens (primary N) is 1. The van der Waals surface area contributed by atoms with Crippen molar-refractivity contribution in [3.8, 4) is 17.2 Å². The molecule has 0 radical (unpaired) electrons. The predicted octanol–water partition coefficient (Wildman–Crippen LogP) is 4.45. The third-order valence-corrected chi connectivity index (χ3v) is 3.95. The van der Waals surface area contributed by atoms with Gasteiger partial charge in [0.2, 0.25) is 0 Å². The lowest BCUT2D eigenvalue weighted by Gasteiger charge is -2.15. The van der Waals surface area contributed by atoms with E-state index in [1.165, 1.54) is 4.90 Å². The molecule has 0 aromatic heterocycles. The molecule has 0 aliphatic rings. The normalized spacial score (nSPS) is 10.4. The van der Waals surface area contributed by atoms with E-state index < -0.39 is 0 Å². The van der Waals surface area contributed by atoms with Gasteiger partial charge in [0.15, 0.2) is 11.5 Å². The molecule has 0 aliphatic carbocycles. The first-order valence-corrected chi connectivity index (χ1v) is 8.13. The molecule has 0 bridgehead atoms. The van der Waals surface area contributed by atoms with Gasteiger partial charge >= 0.3 is 0 Å². The summed E-state index contributed by atoms with van der Waals surface area (Å²) in [6.07, 6.45) is 0. The van der Waals surface area contributed by atoms with Gasteiger partial charge in [0.25, 0.3) is 0 Å². The van der Waals surface area contributed by atoms with Gasteiger partial charge < -0.3 is 15.2 Å². The summed E-state index contributed by atoms with van der Waals surface area (Å²) in [5, 5.41) is 0. The van der Waals surface area contributed by atoms with Crippen LogP contribution in [-0.4, -0.2) is 12.4 Å². The van der Waals surface area contributed by atoms with E-state index in [1.54, 1.807) is 11.8 Å². The van der Waals surface area contributed by atoms with Crippen LogP contribution >= 0.6 is 11.8 Å². The Labute approximate surface area is 130 Å². The van der Waals surface area contributed by atoms with Crippen molar-refractivity contribution in [3.05, 3.63) is 48.0 Å². The molecule has 0 saturated heterocycles. The zero-order valence-corrected chi connectivity index (χ0v) is 13.3. The Morgan fingerprint density at radius 1 is 0.952 bits per heavy atom. The average Bonchev–Trinajstić information content (AvgIpc) is 2.50. The highest BCUT2D eigenvalue weighted by Gasteiger charge is 2.11. The molecule has 0 saturated carbocycles. The molecule has 0 spiro atoms. The summed E-state index contributed by atoms with van der Waals surface area (Å²) in [7, 11) is 0. The number of rotatable bonds is 7. The molecule has 0 heterocycles. The first-order valence-electron chi connectivity index (χ1n) is 7.14. The lowest BCUT2D eigenvalue weighted by molar-refractivity contribution is 0.321. The molecule has 0 unspecified atom stereocenters. The van der Waals surface area contributed by atoms with Crippen LogP contribution in [0.2, 0.25) is 0 Å². The van der Waals surface area contributed by atoms with E-state index in [-0.39, 0.29) is 0 Å². The molecular formula is C17H21NO2S. The third-order valence-electron chi connectivity index (χ3n) is 2.96. The van der Waals surface area contributed by atoms with Crippen molar-refractivity contribution in [1.29, 1.82) is 0 Å². The van der Waals surface area contributed by atoms with Gasteiger partial charge in [-0.2, -0.15) is 0 Å². The van der Waals surface area contributed by atoms with Gasteiger partial charge in [-0.25, -0.2) is 0 Å². The monoisotopic (exact) mass is 303 g/mol. The summed E-state index contributed by atoms with van der Waals surface area (Å²) in [5.74, 6) is 3.26. The number of hydrogen-bond donors (Lipinski definition) is 1. The molecule has 0 atom stereocenters. The number of ether oxygens (including phenoxy) is 2. The predicted molar refractivity (Wildman–Crippen MR) is 88.4 cm³/mol. The maximum atomic E-state index is 6.05. The molecule has 2 N–H and O–H groups in total. The van der Waals surface area contributed by atoms with Crippen LogP contribution in [0.4, 0.5) is 0 Å². The zero-order chi connectivity index (χ0) is 15.1. The standard InChI is InChI=1S/C17H21NO2S/c1-3-19-15-8-5-6-9-16(15)20-14-10-7-11-17(21-4-2)13(14)12-18/h5-11H,3-4,12,18H2,1-2H3. The van der Waals surface area contributed by atoms with Crippen LogP contribution in [0.25, 0.3) is 0 Å². The average molecular weight is 303 g/mol. The number of para-hydroxylation sites is 2. The van der Waals surface area contributed by atoms with Crippen molar-refractivity contribution in [3.63, 3.8) is 0 Å². The van der Waals surface area contributed by atoms with Gasteiger partial charge in [-0.05, 0) is 36.9 Å². The molecular weight excluding hydrogens is 282 g/mol. The molecule has 2 rings (SSSR count). The molecule has 0 fully saturated rings. The molecule has 4 heteroatoms. The summed E-state index contributed by atoms with van der Waals surface area (Å²) >= 11 is 1.77. The van der Waals surface area contributed by atoms with E-state index >= 15 is 0 Å². The Hall–Kier alpha value is -1.65. The van der Waals surface area contributed by atoms with Crippen LogP contribution in [0.5, 0.6) is 17.2 Å². The molecule has 0 aliphatic heterocycles. The minimum Gasteiger partial charge on any atom is -0.490 e. The fourth-order valence-electron chi connectivity index (χ4n) is 2.06. The van der Waals surface area contributed by atoms with Crippen LogP contribution in [0.1, 0.15) is 19.4 Å². The van der Waals surface area contributed by atoms with Crippen molar-refractivity contribution >= 4 is 11.8 Å². The Bertz CT molecular complexity index is 587. The molecule has 2 aromatic rings. The largest absolute Gasteiger partial charge is 0.490 e. The van der Waals surface area contributed by atoms with Crippen LogP contribution in [-0.2, 0) is 6.54 Å². The fraction of sp³-hybridized carbons (Fsp3) is 0.294. The summed E-state index contributed by atoms with van der Waals surface area (Å²) in [6.45, 7) is 5.15. The summed E-state index contributed by atoms with van der Waals surface area (Å²) in [4.78, 5) is 1.17. The van der Waals surface area contributed by atoms with Gasteiger partial charge in [-0.1, -0.05) is 25.1 Å². The highest BCUT2D eigenvalue weighted by molar-refractivity contribution is 7.99. The van der Waals surface area contributed by atoms with Gasteiger partial charge in [0, 0.05) is 17.0 Å². The second-order valence-electron chi connectivity index (χ2n) is 4.35. The van der Waals surface area contributed by atoms with Gasteiger partial charge in [-0.15, -0.1) is 11.8 Å². The van der Waals surface area contributed by atoms with Crippen LogP contribution in [0.3, 0.4) is 0 Å². The number of hydrogen-bond acceptors (Lipinski definition) is 4. The van der Waals surface area contributed by atoms with E-state index in [2.05, 4.69) is 13.0 Å². The quantitative estimate of drug-likeness (QED) is 0.768. The minimum atomic E-state index is 0.454. The second-order valence-corrected chi connectivity index (χ2v) is 5.66. The van der Waals surface area contributed by atoms with E-state index in [4.69, 9.17) is 15.2 Å². The second kappa shape index (κ2) is 7.96. The molecule has 112 valence electrons. The molecule has 0 amide bonds. The first kappa shape index (κ1) is 15.7. The molecule has 3 nitrogen and oxygen atoms in total. The maximum Gasteiger partial charge on any atom is 0.169 e. The topological polar surface area (TPSA) is 44.5 Å². The number of benzene rings is 2. The number of thioether (sulfide) groups is 1. The summed E-state index contributed by atoms with van der Waals surface area (Å²) < 4.78 is 11.7. The molecule has 21 heavy (non-hydrogen) atoms. The summed E-state index contributed by atoms with van der Waals surface area (Å²) in [6, 6.07) is 13.7. The van der Waals surface area contributed by atoms with E-state index in [0.717, 1.165) is 22.8 Å². The highest BCUT2D eigenvalue weighted by Crippen LogP contribution is 2.36. The van der Waals surface area contributed by atoms with Crippen molar-refractivity contribution in [2.45, 2.75) is 25.3 Å². The van der Waals surface area contributed by atoms with Crippen molar-refractivity contribution in [2.24, 2.45) is 5.73 Å². The Morgan fingerprint density at radius 3 is 2.33 bits per heavy atom. The van der Waals surface area contributed by atoms with Crippen LogP contribution in [0.15, 0.2) is 47.4 Å².